The summed E-state index contributed by atoms with van der Waals surface area (Å²) in [4.78, 5) is 29.2. The second-order valence-electron chi connectivity index (χ2n) is 6.83. The van der Waals surface area contributed by atoms with Gasteiger partial charge >= 0.3 is 0 Å². The number of nitrogens with one attached hydrogen (secondary N) is 1. The zero-order chi connectivity index (χ0) is 18.6. The molecule has 0 unspecified atom stereocenters. The van der Waals surface area contributed by atoms with E-state index in [9.17, 15) is 9.59 Å². The number of carbonyl (C=O) groups excluding carboxylic acids is 2. The third-order valence-corrected chi connectivity index (χ3v) is 5.03. The number of amides is 2. The number of carbonyl (C=O) groups is 2. The van der Waals surface area contributed by atoms with Crippen molar-refractivity contribution in [1.82, 2.24) is 5.32 Å². The molecule has 1 atom stereocenters. The van der Waals surface area contributed by atoms with Gasteiger partial charge in [-0.3, -0.25) is 9.59 Å². The van der Waals surface area contributed by atoms with Crippen LogP contribution in [-0.2, 0) is 9.53 Å². The highest BCUT2D eigenvalue weighted by Gasteiger charge is 2.32. The molecule has 0 saturated carbocycles. The number of para-hydroxylation sites is 2. The fourth-order valence-electron chi connectivity index (χ4n) is 3.67. The Morgan fingerprint density at radius 2 is 1.70 bits per heavy atom. The first-order chi connectivity index (χ1) is 13.2. The Morgan fingerprint density at radius 3 is 2.48 bits per heavy atom. The normalized spacial score (nSPS) is 20.0. The van der Waals surface area contributed by atoms with Crippen LogP contribution in [0.2, 0.25) is 0 Å². The van der Waals surface area contributed by atoms with E-state index < -0.39 is 0 Å². The van der Waals surface area contributed by atoms with Gasteiger partial charge < -0.3 is 19.9 Å². The van der Waals surface area contributed by atoms with Gasteiger partial charge in [-0.2, -0.15) is 0 Å². The van der Waals surface area contributed by atoms with Crippen molar-refractivity contribution in [2.75, 3.05) is 42.6 Å². The molecule has 2 aliphatic rings. The first-order valence-electron chi connectivity index (χ1n) is 9.30. The second kappa shape index (κ2) is 7.80. The van der Waals surface area contributed by atoms with E-state index in [0.29, 0.717) is 31.7 Å². The highest BCUT2D eigenvalue weighted by Crippen LogP contribution is 2.24. The van der Waals surface area contributed by atoms with Crippen molar-refractivity contribution < 1.29 is 14.3 Å². The van der Waals surface area contributed by atoms with E-state index in [-0.39, 0.29) is 17.9 Å². The average Bonchev–Trinajstić information content (AvgIpc) is 3.09. The van der Waals surface area contributed by atoms with Crippen LogP contribution in [0.4, 0.5) is 11.4 Å². The number of morpholine rings is 1. The molecule has 1 N–H and O–H groups in total. The van der Waals surface area contributed by atoms with E-state index in [2.05, 4.69) is 10.2 Å². The maximum Gasteiger partial charge on any atom is 0.253 e. The Labute approximate surface area is 158 Å². The SMILES string of the molecule is O=C(N[C@@H]1CC(=O)N(c2ccccc2)C1)c1ccccc1N1CCOCC1. The fraction of sp³-hybridized carbons (Fsp3) is 0.333. The van der Waals surface area contributed by atoms with Crippen molar-refractivity contribution in [3.63, 3.8) is 0 Å². The molecule has 4 rings (SSSR count). The van der Waals surface area contributed by atoms with Crippen LogP contribution in [0.5, 0.6) is 0 Å². The lowest BCUT2D eigenvalue weighted by atomic mass is 10.1. The predicted octanol–water partition coefficient (Wildman–Crippen LogP) is 2.06. The summed E-state index contributed by atoms with van der Waals surface area (Å²) in [6.45, 7) is 3.37. The van der Waals surface area contributed by atoms with Crippen LogP contribution >= 0.6 is 0 Å². The molecule has 6 heteroatoms. The third kappa shape index (κ3) is 3.80. The Bertz CT molecular complexity index is 818. The monoisotopic (exact) mass is 365 g/mol. The topological polar surface area (TPSA) is 61.9 Å². The van der Waals surface area contributed by atoms with E-state index in [1.807, 2.05) is 54.6 Å². The summed E-state index contributed by atoms with van der Waals surface area (Å²) >= 11 is 0. The summed E-state index contributed by atoms with van der Waals surface area (Å²) in [5.41, 5.74) is 2.43. The van der Waals surface area contributed by atoms with E-state index in [4.69, 9.17) is 4.74 Å². The van der Waals surface area contributed by atoms with Gasteiger partial charge in [0.25, 0.3) is 5.91 Å². The van der Waals surface area contributed by atoms with E-state index in [0.717, 1.165) is 24.5 Å². The molecule has 2 heterocycles. The summed E-state index contributed by atoms with van der Waals surface area (Å²) in [6, 6.07) is 17.0. The zero-order valence-electron chi connectivity index (χ0n) is 15.1. The molecule has 0 aromatic heterocycles. The van der Waals surface area contributed by atoms with Gasteiger partial charge in [0.05, 0.1) is 24.8 Å². The minimum atomic E-state index is -0.192. The third-order valence-electron chi connectivity index (χ3n) is 5.03. The molecular formula is C21H23N3O3. The van der Waals surface area contributed by atoms with Gasteiger partial charge in [-0.05, 0) is 24.3 Å². The van der Waals surface area contributed by atoms with Crippen LogP contribution in [0.1, 0.15) is 16.8 Å². The molecule has 2 amide bonds. The number of nitrogens with zero attached hydrogens (tertiary/aromatic N) is 2. The largest absolute Gasteiger partial charge is 0.378 e. The Kier molecular flexibility index (Phi) is 5.07. The molecule has 0 radical (unpaired) electrons. The molecule has 2 aromatic rings. The predicted molar refractivity (Wildman–Crippen MR) is 104 cm³/mol. The first kappa shape index (κ1) is 17.5. The van der Waals surface area contributed by atoms with Gasteiger partial charge in [-0.25, -0.2) is 0 Å². The molecular weight excluding hydrogens is 342 g/mol. The molecule has 140 valence electrons. The highest BCUT2D eigenvalue weighted by atomic mass is 16.5. The van der Waals surface area contributed by atoms with Crippen molar-refractivity contribution in [3.8, 4) is 0 Å². The quantitative estimate of drug-likeness (QED) is 0.901. The number of rotatable bonds is 4. The van der Waals surface area contributed by atoms with Gasteiger partial charge in [0, 0.05) is 37.4 Å². The molecule has 2 aromatic carbocycles. The van der Waals surface area contributed by atoms with E-state index in [1.54, 1.807) is 4.90 Å². The van der Waals surface area contributed by atoms with Gasteiger partial charge in [-0.15, -0.1) is 0 Å². The standard InChI is InChI=1S/C21H23N3O3/c25-20-14-16(15-24(20)17-6-2-1-3-7-17)22-21(26)18-8-4-5-9-19(18)23-10-12-27-13-11-23/h1-9,16H,10-15H2,(H,22,26)/t16-/m1/s1. The van der Waals surface area contributed by atoms with Crippen molar-refractivity contribution in [1.29, 1.82) is 0 Å². The average molecular weight is 365 g/mol. The molecule has 0 spiro atoms. The van der Waals surface area contributed by atoms with Crippen molar-refractivity contribution in [2.45, 2.75) is 12.5 Å². The smallest absolute Gasteiger partial charge is 0.253 e. The minimum absolute atomic E-state index is 0.0352. The van der Waals surface area contributed by atoms with Crippen LogP contribution in [-0.4, -0.2) is 50.7 Å². The number of hydrogen-bond donors (Lipinski definition) is 1. The van der Waals surface area contributed by atoms with Crippen molar-refractivity contribution in [3.05, 3.63) is 60.2 Å². The molecule has 2 saturated heterocycles. The minimum Gasteiger partial charge on any atom is -0.378 e. The van der Waals surface area contributed by atoms with Gasteiger partial charge in [0.15, 0.2) is 0 Å². The lowest BCUT2D eigenvalue weighted by molar-refractivity contribution is -0.117. The van der Waals surface area contributed by atoms with Gasteiger partial charge in [0.2, 0.25) is 5.91 Å². The Balaban J connectivity index is 1.46. The number of benzene rings is 2. The van der Waals surface area contributed by atoms with Crippen molar-refractivity contribution in [2.24, 2.45) is 0 Å². The van der Waals surface area contributed by atoms with Crippen LogP contribution in [0.25, 0.3) is 0 Å². The lowest BCUT2D eigenvalue weighted by Crippen LogP contribution is -2.40. The summed E-state index contributed by atoms with van der Waals surface area (Å²) in [7, 11) is 0. The summed E-state index contributed by atoms with van der Waals surface area (Å²) in [6.07, 6.45) is 0.320. The lowest BCUT2D eigenvalue weighted by Gasteiger charge is -2.30. The molecule has 0 bridgehead atoms. The van der Waals surface area contributed by atoms with Crippen LogP contribution in [0.3, 0.4) is 0 Å². The Hall–Kier alpha value is -2.86. The summed E-state index contributed by atoms with van der Waals surface area (Å²) in [5, 5.41) is 3.05. The molecule has 6 nitrogen and oxygen atoms in total. The van der Waals surface area contributed by atoms with Crippen LogP contribution in [0, 0.1) is 0 Å². The van der Waals surface area contributed by atoms with Crippen molar-refractivity contribution >= 4 is 23.2 Å². The van der Waals surface area contributed by atoms with Crippen LogP contribution in [0.15, 0.2) is 54.6 Å². The van der Waals surface area contributed by atoms with E-state index >= 15 is 0 Å². The highest BCUT2D eigenvalue weighted by molar-refractivity contribution is 6.01. The van der Waals surface area contributed by atoms with Gasteiger partial charge in [-0.1, -0.05) is 30.3 Å². The number of anilines is 2. The molecule has 2 fully saturated rings. The summed E-state index contributed by atoms with van der Waals surface area (Å²) < 4.78 is 5.41. The maximum atomic E-state index is 12.9. The van der Waals surface area contributed by atoms with Gasteiger partial charge in [0.1, 0.15) is 0 Å². The molecule has 0 aliphatic carbocycles. The second-order valence-corrected chi connectivity index (χ2v) is 6.83. The molecule has 27 heavy (non-hydrogen) atoms. The maximum absolute atomic E-state index is 12.9. The first-order valence-corrected chi connectivity index (χ1v) is 9.30. The summed E-state index contributed by atoms with van der Waals surface area (Å²) in [5.74, 6) is -0.0993. The fourth-order valence-corrected chi connectivity index (χ4v) is 3.67. The Morgan fingerprint density at radius 1 is 1.00 bits per heavy atom. The van der Waals surface area contributed by atoms with Crippen LogP contribution < -0.4 is 15.1 Å². The number of hydrogen-bond acceptors (Lipinski definition) is 4. The molecule has 2 aliphatic heterocycles. The van der Waals surface area contributed by atoms with E-state index in [1.165, 1.54) is 0 Å². The number of ether oxygens (including phenoxy) is 1. The zero-order valence-corrected chi connectivity index (χ0v) is 15.1.